The van der Waals surface area contributed by atoms with Crippen LogP contribution in [-0.4, -0.2) is 18.1 Å². The lowest BCUT2D eigenvalue weighted by molar-refractivity contribution is 0.0363. The average molecular weight is 339 g/mol. The zero-order valence-electron chi connectivity index (χ0n) is 11.4. The minimum Gasteiger partial charge on any atom is -0.316 e. The van der Waals surface area contributed by atoms with E-state index < -0.39 is 0 Å². The number of halogens is 1. The minimum absolute atomic E-state index is 0.642. The van der Waals surface area contributed by atoms with Crippen LogP contribution in [0.3, 0.4) is 0 Å². The van der Waals surface area contributed by atoms with Gasteiger partial charge in [-0.2, -0.15) is 0 Å². The molecule has 0 amide bonds. The van der Waals surface area contributed by atoms with E-state index in [0.29, 0.717) is 11.3 Å². The maximum atomic E-state index is 4.79. The van der Waals surface area contributed by atoms with Gasteiger partial charge in [-0.3, -0.25) is 0 Å². The van der Waals surface area contributed by atoms with E-state index in [2.05, 4.69) is 39.4 Å². The first-order valence-corrected chi connectivity index (χ1v) is 8.62. The Morgan fingerprint density at radius 1 is 1.32 bits per heavy atom. The van der Waals surface area contributed by atoms with Crippen molar-refractivity contribution < 1.29 is 0 Å². The van der Waals surface area contributed by atoms with Crippen LogP contribution in [0.15, 0.2) is 22.7 Å². The first kappa shape index (κ1) is 13.5. The van der Waals surface area contributed by atoms with Gasteiger partial charge in [0.15, 0.2) is 0 Å². The molecule has 0 radical (unpaired) electrons. The number of hydrogen-bond acceptors (Lipinski definition) is 3. The van der Waals surface area contributed by atoms with Crippen LogP contribution in [0.25, 0.3) is 10.2 Å². The maximum Gasteiger partial charge on any atom is 0.0969 e. The lowest BCUT2D eigenvalue weighted by Gasteiger charge is -2.53. The number of thiazole rings is 1. The van der Waals surface area contributed by atoms with Crippen LogP contribution in [0.1, 0.15) is 37.6 Å². The second-order valence-corrected chi connectivity index (χ2v) is 7.35. The van der Waals surface area contributed by atoms with Crippen LogP contribution in [-0.2, 0) is 0 Å². The summed E-state index contributed by atoms with van der Waals surface area (Å²) in [5, 5.41) is 4.73. The summed E-state index contributed by atoms with van der Waals surface area (Å²) in [7, 11) is 0. The molecule has 2 aromatic rings. The summed E-state index contributed by atoms with van der Waals surface area (Å²) in [5.41, 5.74) is 1.79. The summed E-state index contributed by atoms with van der Waals surface area (Å²) in [5.74, 6) is 0.716. The van der Waals surface area contributed by atoms with Gasteiger partial charge in [-0.05, 0) is 36.5 Å². The minimum atomic E-state index is 0.642. The molecule has 2 fully saturated rings. The number of nitrogens with zero attached hydrogens (tertiary/aromatic N) is 1. The molecule has 0 unspecified atom stereocenters. The molecule has 2 heterocycles. The molecule has 4 rings (SSSR count). The highest BCUT2D eigenvalue weighted by molar-refractivity contribution is 9.10. The summed E-state index contributed by atoms with van der Waals surface area (Å²) in [6.07, 6.45) is 2.67. The summed E-state index contributed by atoms with van der Waals surface area (Å²) in [4.78, 5) is 4.79. The molecule has 1 spiro atoms. The van der Waals surface area contributed by atoms with Gasteiger partial charge in [0, 0.05) is 23.5 Å². The van der Waals surface area contributed by atoms with Crippen molar-refractivity contribution in [3.63, 3.8) is 0 Å². The molecule has 1 saturated carbocycles. The van der Waals surface area contributed by atoms with Crippen LogP contribution in [0.5, 0.6) is 0 Å². The fourth-order valence-electron chi connectivity index (χ4n) is 3.02. The highest BCUT2D eigenvalue weighted by atomic mass is 79.9. The van der Waals surface area contributed by atoms with Gasteiger partial charge in [-0.15, -0.1) is 11.3 Å². The van der Waals surface area contributed by atoms with Crippen molar-refractivity contribution in [2.45, 2.75) is 32.6 Å². The standard InChI is InChI=1S/C13H13BrN2S.C2H6/c14-9-1-2-11-10(3-9)16-12(17-11)8-4-13(5-8)6-15-7-13;1-2/h1-3,8,15H,4-7H2;1-2H3. The van der Waals surface area contributed by atoms with Crippen molar-refractivity contribution in [1.29, 1.82) is 0 Å². The van der Waals surface area contributed by atoms with Gasteiger partial charge < -0.3 is 5.32 Å². The molecule has 1 saturated heterocycles. The molecule has 102 valence electrons. The second-order valence-electron chi connectivity index (χ2n) is 5.37. The predicted octanol–water partition coefficient (Wildman–Crippen LogP) is 4.55. The Bertz CT molecular complexity index is 581. The molecule has 1 aromatic heterocycles. The molecular weight excluding hydrogens is 320 g/mol. The van der Waals surface area contributed by atoms with Gasteiger partial charge in [-0.25, -0.2) is 4.98 Å². The molecular formula is C15H19BrN2S. The molecule has 1 aromatic carbocycles. The first-order chi connectivity index (χ1) is 9.24. The maximum absolute atomic E-state index is 4.79. The number of rotatable bonds is 1. The SMILES string of the molecule is Brc1ccc2sc(C3CC4(CNC4)C3)nc2c1.CC. The lowest BCUT2D eigenvalue weighted by atomic mass is 9.59. The van der Waals surface area contributed by atoms with E-state index in [4.69, 9.17) is 4.98 Å². The zero-order chi connectivity index (χ0) is 13.5. The summed E-state index contributed by atoms with van der Waals surface area (Å²) in [6, 6.07) is 6.39. The van der Waals surface area contributed by atoms with Crippen LogP contribution >= 0.6 is 27.3 Å². The smallest absolute Gasteiger partial charge is 0.0969 e. The van der Waals surface area contributed by atoms with E-state index >= 15 is 0 Å². The molecule has 4 heteroatoms. The molecule has 1 aliphatic heterocycles. The number of aromatic nitrogens is 1. The third-order valence-corrected chi connectivity index (χ3v) is 5.77. The first-order valence-electron chi connectivity index (χ1n) is 7.01. The molecule has 0 atom stereocenters. The molecule has 0 bridgehead atoms. The molecule has 2 aliphatic rings. The molecule has 1 N–H and O–H groups in total. The van der Waals surface area contributed by atoms with Crippen molar-refractivity contribution in [3.8, 4) is 0 Å². The highest BCUT2D eigenvalue weighted by Gasteiger charge is 2.49. The van der Waals surface area contributed by atoms with Crippen molar-refractivity contribution >= 4 is 37.5 Å². The predicted molar refractivity (Wildman–Crippen MR) is 85.9 cm³/mol. The third-order valence-electron chi connectivity index (χ3n) is 4.07. The van der Waals surface area contributed by atoms with Gasteiger partial charge in [-0.1, -0.05) is 29.8 Å². The van der Waals surface area contributed by atoms with Crippen LogP contribution in [0.2, 0.25) is 0 Å². The van der Waals surface area contributed by atoms with Crippen molar-refractivity contribution in [2.24, 2.45) is 5.41 Å². The third kappa shape index (κ3) is 2.34. The van der Waals surface area contributed by atoms with Crippen molar-refractivity contribution in [3.05, 3.63) is 27.7 Å². The fourth-order valence-corrected chi connectivity index (χ4v) is 4.42. The Balaban J connectivity index is 0.000000528. The number of benzene rings is 1. The number of fused-ring (bicyclic) bond motifs is 1. The average Bonchev–Trinajstić information content (AvgIpc) is 2.70. The van der Waals surface area contributed by atoms with E-state index in [1.54, 1.807) is 0 Å². The number of nitrogens with one attached hydrogen (secondary N) is 1. The van der Waals surface area contributed by atoms with E-state index in [-0.39, 0.29) is 0 Å². The monoisotopic (exact) mass is 338 g/mol. The quantitative estimate of drug-likeness (QED) is 0.824. The van der Waals surface area contributed by atoms with Crippen molar-refractivity contribution in [2.75, 3.05) is 13.1 Å². The van der Waals surface area contributed by atoms with Gasteiger partial charge in [0.05, 0.1) is 15.2 Å². The Kier molecular flexibility index (Phi) is 3.67. The van der Waals surface area contributed by atoms with Crippen LogP contribution < -0.4 is 5.32 Å². The van der Waals surface area contributed by atoms with Gasteiger partial charge >= 0.3 is 0 Å². The van der Waals surface area contributed by atoms with E-state index in [9.17, 15) is 0 Å². The van der Waals surface area contributed by atoms with E-state index in [0.717, 1.165) is 9.99 Å². The Labute approximate surface area is 126 Å². The summed E-state index contributed by atoms with van der Waals surface area (Å²) >= 11 is 5.38. The van der Waals surface area contributed by atoms with Crippen LogP contribution in [0.4, 0.5) is 0 Å². The lowest BCUT2D eigenvalue weighted by Crippen LogP contribution is -2.59. The summed E-state index contributed by atoms with van der Waals surface area (Å²) < 4.78 is 2.44. The normalized spacial score (nSPS) is 20.6. The Morgan fingerprint density at radius 2 is 2.05 bits per heavy atom. The second kappa shape index (κ2) is 5.15. The van der Waals surface area contributed by atoms with Crippen molar-refractivity contribution in [1.82, 2.24) is 10.3 Å². The fraction of sp³-hybridized carbons (Fsp3) is 0.533. The van der Waals surface area contributed by atoms with Gasteiger partial charge in [0.2, 0.25) is 0 Å². The molecule has 19 heavy (non-hydrogen) atoms. The van der Waals surface area contributed by atoms with E-state index in [1.807, 2.05) is 25.2 Å². The van der Waals surface area contributed by atoms with Gasteiger partial charge in [0.1, 0.15) is 0 Å². The van der Waals surface area contributed by atoms with Gasteiger partial charge in [0.25, 0.3) is 0 Å². The highest BCUT2D eigenvalue weighted by Crippen LogP contribution is 2.54. The Morgan fingerprint density at radius 3 is 2.68 bits per heavy atom. The van der Waals surface area contributed by atoms with Crippen LogP contribution in [0, 0.1) is 5.41 Å². The zero-order valence-corrected chi connectivity index (χ0v) is 13.8. The van der Waals surface area contributed by atoms with E-state index in [1.165, 1.54) is 35.6 Å². The summed E-state index contributed by atoms with van der Waals surface area (Å²) in [6.45, 7) is 6.44. The number of hydrogen-bond donors (Lipinski definition) is 1. The topological polar surface area (TPSA) is 24.9 Å². The molecule has 1 aliphatic carbocycles. The Hall–Kier alpha value is -0.450. The largest absolute Gasteiger partial charge is 0.316 e. The molecule has 2 nitrogen and oxygen atoms in total.